The minimum atomic E-state index is -3.42. The first kappa shape index (κ1) is 16.0. The summed E-state index contributed by atoms with van der Waals surface area (Å²) in [5.41, 5.74) is 1.04. The molecule has 1 aliphatic rings. The Morgan fingerprint density at radius 2 is 1.87 bits per heavy atom. The highest BCUT2D eigenvalue weighted by atomic mass is 32.2. The van der Waals surface area contributed by atoms with Crippen molar-refractivity contribution in [2.45, 2.75) is 30.6 Å². The van der Waals surface area contributed by atoms with Crippen LogP contribution in [0.25, 0.3) is 0 Å². The second kappa shape index (κ2) is 6.33. The molecule has 0 unspecified atom stereocenters. The van der Waals surface area contributed by atoms with Gasteiger partial charge in [-0.1, -0.05) is 17.7 Å². The van der Waals surface area contributed by atoms with Gasteiger partial charge in [0.2, 0.25) is 10.0 Å². The molecule has 2 aromatic rings. The lowest BCUT2D eigenvalue weighted by atomic mass is 9.96. The maximum atomic E-state index is 12.7. The van der Waals surface area contributed by atoms with Crippen LogP contribution in [0, 0.1) is 6.92 Å². The number of benzene rings is 1. The quantitative estimate of drug-likeness (QED) is 0.858. The molecule has 124 valence electrons. The molecular formula is C16H20N2O4S. The number of rotatable bonds is 4. The van der Waals surface area contributed by atoms with Gasteiger partial charge in [0, 0.05) is 25.1 Å². The van der Waals surface area contributed by atoms with Crippen molar-refractivity contribution in [1.29, 1.82) is 0 Å². The van der Waals surface area contributed by atoms with Crippen LogP contribution >= 0.6 is 0 Å². The molecule has 1 aromatic carbocycles. The van der Waals surface area contributed by atoms with Crippen molar-refractivity contribution in [2.24, 2.45) is 0 Å². The lowest BCUT2D eigenvalue weighted by Crippen LogP contribution is -2.37. The van der Waals surface area contributed by atoms with Gasteiger partial charge < -0.3 is 9.26 Å². The molecule has 0 saturated carbocycles. The predicted molar refractivity (Wildman–Crippen MR) is 85.0 cm³/mol. The number of piperidine rings is 1. The summed E-state index contributed by atoms with van der Waals surface area (Å²) in [6.07, 6.45) is 1.42. The number of hydrogen-bond acceptors (Lipinski definition) is 5. The van der Waals surface area contributed by atoms with E-state index in [-0.39, 0.29) is 5.92 Å². The van der Waals surface area contributed by atoms with Crippen molar-refractivity contribution in [3.05, 3.63) is 41.7 Å². The molecule has 23 heavy (non-hydrogen) atoms. The van der Waals surface area contributed by atoms with E-state index in [1.54, 1.807) is 29.6 Å². The first-order chi connectivity index (χ1) is 11.0. The average Bonchev–Trinajstić information content (AvgIpc) is 3.04. The summed E-state index contributed by atoms with van der Waals surface area (Å²) >= 11 is 0. The Balaban J connectivity index is 1.69. The lowest BCUT2D eigenvalue weighted by molar-refractivity contribution is 0.269. The van der Waals surface area contributed by atoms with E-state index in [0.29, 0.717) is 36.7 Å². The molecule has 0 bridgehead atoms. The molecule has 0 aliphatic carbocycles. The van der Waals surface area contributed by atoms with Gasteiger partial charge in [-0.3, -0.25) is 0 Å². The van der Waals surface area contributed by atoms with E-state index < -0.39 is 10.0 Å². The van der Waals surface area contributed by atoms with Crippen molar-refractivity contribution >= 4 is 10.0 Å². The number of aromatic nitrogens is 1. The minimum Gasteiger partial charge on any atom is -0.479 e. The summed E-state index contributed by atoms with van der Waals surface area (Å²) in [6, 6.07) is 8.74. The van der Waals surface area contributed by atoms with Crippen LogP contribution in [-0.2, 0) is 10.0 Å². The Labute approximate surface area is 136 Å². The van der Waals surface area contributed by atoms with Crippen molar-refractivity contribution in [1.82, 2.24) is 9.46 Å². The summed E-state index contributed by atoms with van der Waals surface area (Å²) in [7, 11) is -1.88. The maximum Gasteiger partial charge on any atom is 0.254 e. The summed E-state index contributed by atoms with van der Waals surface area (Å²) in [4.78, 5) is 0.350. The number of ether oxygens (including phenoxy) is 1. The molecule has 0 N–H and O–H groups in total. The van der Waals surface area contributed by atoms with Crippen LogP contribution in [0.3, 0.4) is 0 Å². The van der Waals surface area contributed by atoms with Crippen molar-refractivity contribution in [3.8, 4) is 5.88 Å². The molecule has 7 heteroatoms. The zero-order valence-electron chi connectivity index (χ0n) is 13.2. The Hall–Kier alpha value is -1.86. The van der Waals surface area contributed by atoms with Gasteiger partial charge in [-0.25, -0.2) is 8.42 Å². The third-order valence-corrected chi connectivity index (χ3v) is 6.14. The van der Waals surface area contributed by atoms with Gasteiger partial charge in [-0.05, 0) is 37.1 Å². The van der Waals surface area contributed by atoms with E-state index in [2.05, 4.69) is 5.16 Å². The number of methoxy groups -OCH3 is 1. The van der Waals surface area contributed by atoms with Gasteiger partial charge in [0.1, 0.15) is 5.76 Å². The predicted octanol–water partition coefficient (Wildman–Crippen LogP) is 2.56. The number of hydrogen-bond donors (Lipinski definition) is 0. The van der Waals surface area contributed by atoms with Gasteiger partial charge in [0.25, 0.3) is 5.88 Å². The normalized spacial score (nSPS) is 17.3. The van der Waals surface area contributed by atoms with Gasteiger partial charge in [-0.15, -0.1) is 0 Å². The van der Waals surface area contributed by atoms with Gasteiger partial charge >= 0.3 is 0 Å². The molecule has 0 radical (unpaired) electrons. The molecule has 3 rings (SSSR count). The topological polar surface area (TPSA) is 72.6 Å². The number of nitrogens with zero attached hydrogens (tertiary/aromatic N) is 2. The average molecular weight is 336 g/mol. The largest absolute Gasteiger partial charge is 0.479 e. The van der Waals surface area contributed by atoms with Crippen LogP contribution in [0.5, 0.6) is 5.88 Å². The van der Waals surface area contributed by atoms with Crippen molar-refractivity contribution in [2.75, 3.05) is 20.2 Å². The molecular weight excluding hydrogens is 316 g/mol. The van der Waals surface area contributed by atoms with Crippen LogP contribution in [0.2, 0.25) is 0 Å². The molecule has 0 amide bonds. The standard InChI is InChI=1S/C16H20N2O4S/c1-12-3-5-14(6-4-12)23(19,20)18-9-7-13(8-10-18)15-11-16(21-2)17-22-15/h3-6,11,13H,7-10H2,1-2H3. The summed E-state index contributed by atoms with van der Waals surface area (Å²) in [6.45, 7) is 2.89. The van der Waals surface area contributed by atoms with Gasteiger partial charge in [-0.2, -0.15) is 4.31 Å². The van der Waals surface area contributed by atoms with E-state index in [9.17, 15) is 8.42 Å². The zero-order chi connectivity index (χ0) is 16.4. The van der Waals surface area contributed by atoms with E-state index in [4.69, 9.17) is 9.26 Å². The van der Waals surface area contributed by atoms with Crippen molar-refractivity contribution in [3.63, 3.8) is 0 Å². The second-order valence-electron chi connectivity index (χ2n) is 5.76. The third kappa shape index (κ3) is 3.25. The first-order valence-corrected chi connectivity index (χ1v) is 9.02. The van der Waals surface area contributed by atoms with E-state index in [1.165, 1.54) is 0 Å². The Kier molecular flexibility index (Phi) is 4.41. The summed E-state index contributed by atoms with van der Waals surface area (Å²) in [5, 5.41) is 3.80. The molecule has 6 nitrogen and oxygen atoms in total. The Morgan fingerprint density at radius 3 is 2.43 bits per heavy atom. The lowest BCUT2D eigenvalue weighted by Gasteiger charge is -2.30. The number of sulfonamides is 1. The van der Waals surface area contributed by atoms with E-state index in [1.807, 2.05) is 19.1 Å². The minimum absolute atomic E-state index is 0.177. The highest BCUT2D eigenvalue weighted by Gasteiger charge is 2.31. The fourth-order valence-corrected chi connectivity index (χ4v) is 4.27. The fraction of sp³-hybridized carbons (Fsp3) is 0.438. The zero-order valence-corrected chi connectivity index (χ0v) is 14.0. The van der Waals surface area contributed by atoms with Gasteiger partial charge in [0.05, 0.1) is 12.0 Å². The van der Waals surface area contributed by atoms with Gasteiger partial charge in [0.15, 0.2) is 0 Å². The molecule has 1 saturated heterocycles. The Morgan fingerprint density at radius 1 is 1.22 bits per heavy atom. The first-order valence-electron chi connectivity index (χ1n) is 7.58. The molecule has 0 atom stereocenters. The van der Waals surface area contributed by atoms with E-state index >= 15 is 0 Å². The summed E-state index contributed by atoms with van der Waals surface area (Å²) < 4.78 is 37.2. The monoisotopic (exact) mass is 336 g/mol. The van der Waals surface area contributed by atoms with Crippen LogP contribution < -0.4 is 4.74 Å². The maximum absolute atomic E-state index is 12.7. The molecule has 1 fully saturated rings. The second-order valence-corrected chi connectivity index (χ2v) is 7.70. The molecule has 1 aliphatic heterocycles. The van der Waals surface area contributed by atoms with Crippen LogP contribution in [-0.4, -0.2) is 38.1 Å². The SMILES string of the molecule is COc1cc(C2CCN(S(=O)(=O)c3ccc(C)cc3)CC2)on1. The van der Waals surface area contributed by atoms with Crippen LogP contribution in [0.15, 0.2) is 39.8 Å². The van der Waals surface area contributed by atoms with Crippen LogP contribution in [0.4, 0.5) is 0 Å². The van der Waals surface area contributed by atoms with Crippen LogP contribution in [0.1, 0.15) is 30.1 Å². The summed E-state index contributed by atoms with van der Waals surface area (Å²) in [5.74, 6) is 1.39. The highest BCUT2D eigenvalue weighted by Crippen LogP contribution is 2.32. The number of aryl methyl sites for hydroxylation is 1. The highest BCUT2D eigenvalue weighted by molar-refractivity contribution is 7.89. The fourth-order valence-electron chi connectivity index (χ4n) is 2.80. The van der Waals surface area contributed by atoms with E-state index in [0.717, 1.165) is 11.3 Å². The third-order valence-electron chi connectivity index (χ3n) is 4.23. The molecule has 1 aromatic heterocycles. The molecule has 2 heterocycles. The molecule has 0 spiro atoms. The van der Waals surface area contributed by atoms with Crippen molar-refractivity contribution < 1.29 is 17.7 Å². The smallest absolute Gasteiger partial charge is 0.254 e. The Bertz CT molecular complexity index is 760.